The predicted molar refractivity (Wildman–Crippen MR) is 105 cm³/mol. The van der Waals surface area contributed by atoms with Gasteiger partial charge in [-0.05, 0) is 5.92 Å². The number of hydrogen-bond donors (Lipinski definition) is 3. The molecular weight excluding hydrogens is 415 g/mol. The Morgan fingerprint density at radius 3 is 2.87 bits per heavy atom. The van der Waals surface area contributed by atoms with Gasteiger partial charge in [0.15, 0.2) is 11.2 Å². The highest BCUT2D eigenvalue weighted by Crippen LogP contribution is 2.32. The predicted octanol–water partition coefficient (Wildman–Crippen LogP) is -0.213. The van der Waals surface area contributed by atoms with E-state index in [-0.39, 0.29) is 49.1 Å². The zero-order valence-electron chi connectivity index (χ0n) is 17.1. The number of rotatable bonds is 8. The number of fused-ring (bicyclic) bond motifs is 1. The molecule has 0 aliphatic carbocycles. The lowest BCUT2D eigenvalue weighted by molar-refractivity contribution is -0.153. The molecule has 1 fully saturated rings. The van der Waals surface area contributed by atoms with E-state index in [1.54, 1.807) is 13.8 Å². The lowest BCUT2D eigenvalue weighted by Crippen LogP contribution is -2.37. The van der Waals surface area contributed by atoms with Crippen LogP contribution in [0.2, 0.25) is 0 Å². The maximum atomic E-state index is 14.4. The van der Waals surface area contributed by atoms with Crippen LogP contribution in [-0.2, 0) is 23.8 Å². The van der Waals surface area contributed by atoms with Crippen molar-refractivity contribution in [2.75, 3.05) is 18.9 Å². The van der Waals surface area contributed by atoms with Gasteiger partial charge in [0.25, 0.3) is 5.56 Å². The van der Waals surface area contributed by atoms with Gasteiger partial charge < -0.3 is 25.7 Å². The van der Waals surface area contributed by atoms with Crippen LogP contribution in [0.15, 0.2) is 11.1 Å². The third-order valence-corrected chi connectivity index (χ3v) is 4.87. The highest BCUT2D eigenvalue weighted by molar-refractivity contribution is 5.76. The number of H-pyrrole nitrogens is 1. The summed E-state index contributed by atoms with van der Waals surface area (Å²) in [6.45, 7) is 3.04. The number of esters is 2. The number of anilines is 1. The molecule has 170 valence electrons. The van der Waals surface area contributed by atoms with Crippen molar-refractivity contribution in [2.24, 2.45) is 11.7 Å². The maximum absolute atomic E-state index is 14.4. The van der Waals surface area contributed by atoms with Crippen LogP contribution in [0, 0.1) is 5.92 Å². The second kappa shape index (κ2) is 9.39. The van der Waals surface area contributed by atoms with E-state index in [4.69, 9.17) is 25.7 Å². The average molecular weight is 440 g/mol. The molecule has 2 aromatic rings. The summed E-state index contributed by atoms with van der Waals surface area (Å²) in [5, 5.41) is 0. The minimum Gasteiger partial charge on any atom is -0.464 e. The minimum absolute atomic E-state index is 0.0488. The zero-order valence-corrected chi connectivity index (χ0v) is 17.1. The summed E-state index contributed by atoms with van der Waals surface area (Å²) < 4.78 is 31.4. The van der Waals surface area contributed by atoms with Gasteiger partial charge in [-0.15, -0.1) is 0 Å². The van der Waals surface area contributed by atoms with Gasteiger partial charge in [-0.1, -0.05) is 13.8 Å². The van der Waals surface area contributed by atoms with E-state index in [1.807, 2.05) is 0 Å². The SMILES string of the molecule is CC(C)[C@H](N)C(=O)OCCC(=O)OC[C@H]1O[C@@H](n2cnc3c(=O)[nH]c(N)nc32)C[C@@H]1F. The Morgan fingerprint density at radius 2 is 2.16 bits per heavy atom. The van der Waals surface area contributed by atoms with E-state index in [0.717, 1.165) is 0 Å². The highest BCUT2D eigenvalue weighted by Gasteiger charge is 2.38. The largest absolute Gasteiger partial charge is 0.464 e. The number of nitrogens with two attached hydrogens (primary N) is 2. The molecule has 0 bridgehead atoms. The lowest BCUT2D eigenvalue weighted by atomic mass is 10.1. The van der Waals surface area contributed by atoms with Crippen molar-refractivity contribution >= 4 is 29.1 Å². The number of carbonyl (C=O) groups is 2. The second-order valence-electron chi connectivity index (χ2n) is 7.53. The molecule has 1 aliphatic heterocycles. The molecule has 0 saturated carbocycles. The number of hydrogen-bond acceptors (Lipinski definition) is 10. The number of nitrogens with zero attached hydrogens (tertiary/aromatic N) is 3. The number of nitrogens with one attached hydrogen (secondary N) is 1. The third kappa shape index (κ3) is 5.17. The molecule has 0 radical (unpaired) electrons. The number of aromatic amines is 1. The van der Waals surface area contributed by atoms with Gasteiger partial charge in [-0.2, -0.15) is 4.98 Å². The van der Waals surface area contributed by atoms with Crippen LogP contribution in [0.25, 0.3) is 11.2 Å². The fourth-order valence-electron chi connectivity index (χ4n) is 3.01. The van der Waals surface area contributed by atoms with Crippen LogP contribution >= 0.6 is 0 Å². The smallest absolute Gasteiger partial charge is 0.323 e. The molecule has 0 unspecified atom stereocenters. The first kappa shape index (κ1) is 22.6. The summed E-state index contributed by atoms with van der Waals surface area (Å²) in [5.41, 5.74) is 10.9. The first-order valence-corrected chi connectivity index (χ1v) is 9.77. The van der Waals surface area contributed by atoms with Gasteiger partial charge in [0.1, 0.15) is 37.8 Å². The fourth-order valence-corrected chi connectivity index (χ4v) is 3.01. The Labute approximate surface area is 176 Å². The summed E-state index contributed by atoms with van der Waals surface area (Å²) >= 11 is 0. The van der Waals surface area contributed by atoms with Gasteiger partial charge in [0.2, 0.25) is 5.95 Å². The van der Waals surface area contributed by atoms with E-state index in [0.29, 0.717) is 0 Å². The standard InChI is InChI=1S/C18H25FN6O6/c1-8(2)13(20)17(28)29-4-3-12(26)30-6-10-9(19)5-11(31-10)25-7-22-14-15(25)23-18(21)24-16(14)27/h7-11,13H,3-6,20H2,1-2H3,(H3,21,23,24,27)/t9-,10+,11+,13-/m0/s1. The van der Waals surface area contributed by atoms with E-state index < -0.39 is 42.0 Å². The van der Waals surface area contributed by atoms with E-state index >= 15 is 0 Å². The Morgan fingerprint density at radius 1 is 1.42 bits per heavy atom. The first-order chi connectivity index (χ1) is 14.7. The molecule has 0 amide bonds. The molecule has 0 aromatic carbocycles. The molecule has 2 aromatic heterocycles. The lowest BCUT2D eigenvalue weighted by Gasteiger charge is -2.16. The van der Waals surface area contributed by atoms with Crippen molar-refractivity contribution in [3.63, 3.8) is 0 Å². The number of imidazole rings is 1. The summed E-state index contributed by atoms with van der Waals surface area (Å²) in [6, 6.07) is -0.771. The zero-order chi connectivity index (χ0) is 22.7. The molecule has 1 aliphatic rings. The number of ether oxygens (including phenoxy) is 3. The first-order valence-electron chi connectivity index (χ1n) is 9.77. The van der Waals surface area contributed by atoms with Crippen molar-refractivity contribution in [3.8, 4) is 0 Å². The van der Waals surface area contributed by atoms with Crippen LogP contribution in [0.5, 0.6) is 0 Å². The van der Waals surface area contributed by atoms with Crippen molar-refractivity contribution in [2.45, 2.75) is 51.2 Å². The second-order valence-corrected chi connectivity index (χ2v) is 7.53. The van der Waals surface area contributed by atoms with Crippen molar-refractivity contribution < 1.29 is 28.2 Å². The Bertz CT molecular complexity index is 1010. The monoisotopic (exact) mass is 440 g/mol. The summed E-state index contributed by atoms with van der Waals surface area (Å²) in [4.78, 5) is 45.7. The van der Waals surface area contributed by atoms with E-state index in [9.17, 15) is 18.8 Å². The fraction of sp³-hybridized carbons (Fsp3) is 0.611. The summed E-state index contributed by atoms with van der Waals surface area (Å²) in [7, 11) is 0. The third-order valence-electron chi connectivity index (χ3n) is 4.87. The molecule has 12 nitrogen and oxygen atoms in total. The maximum Gasteiger partial charge on any atom is 0.323 e. The number of alkyl halides is 1. The van der Waals surface area contributed by atoms with Gasteiger partial charge >= 0.3 is 11.9 Å². The summed E-state index contributed by atoms with van der Waals surface area (Å²) in [5.74, 6) is -1.46. The molecule has 31 heavy (non-hydrogen) atoms. The number of aromatic nitrogens is 4. The van der Waals surface area contributed by atoms with Crippen LogP contribution in [0.4, 0.5) is 10.3 Å². The number of nitrogen functional groups attached to an aromatic ring is 1. The number of carbonyl (C=O) groups excluding carboxylic acids is 2. The van der Waals surface area contributed by atoms with Gasteiger partial charge in [-0.25, -0.2) is 9.37 Å². The normalized spacial score (nSPS) is 22.0. The Balaban J connectivity index is 1.50. The topological polar surface area (TPSA) is 177 Å². The number of halogens is 1. The molecule has 1 saturated heterocycles. The Kier molecular flexibility index (Phi) is 6.85. The molecule has 3 rings (SSSR count). The van der Waals surface area contributed by atoms with Crippen molar-refractivity contribution in [3.05, 3.63) is 16.7 Å². The van der Waals surface area contributed by atoms with Crippen LogP contribution in [0.3, 0.4) is 0 Å². The van der Waals surface area contributed by atoms with E-state index in [2.05, 4.69) is 15.0 Å². The molecule has 0 spiro atoms. The van der Waals surface area contributed by atoms with Gasteiger partial charge in [0, 0.05) is 6.42 Å². The molecule has 5 N–H and O–H groups in total. The quantitative estimate of drug-likeness (QED) is 0.465. The molecule has 3 heterocycles. The average Bonchev–Trinajstić information content (AvgIpc) is 3.28. The summed E-state index contributed by atoms with van der Waals surface area (Å²) in [6.07, 6.45) is -2.15. The van der Waals surface area contributed by atoms with Crippen molar-refractivity contribution in [1.82, 2.24) is 19.5 Å². The minimum atomic E-state index is -1.42. The van der Waals surface area contributed by atoms with Crippen LogP contribution < -0.4 is 17.0 Å². The Hall–Kier alpha value is -3.06. The van der Waals surface area contributed by atoms with Crippen molar-refractivity contribution in [1.29, 1.82) is 0 Å². The molecule has 4 atom stereocenters. The molecular formula is C18H25FN6O6. The van der Waals surface area contributed by atoms with Crippen LogP contribution in [-0.4, -0.2) is 63.0 Å². The molecule has 13 heteroatoms. The van der Waals surface area contributed by atoms with Gasteiger partial charge in [0.05, 0.1) is 12.7 Å². The van der Waals surface area contributed by atoms with Gasteiger partial charge in [-0.3, -0.25) is 23.9 Å². The highest BCUT2D eigenvalue weighted by atomic mass is 19.1. The van der Waals surface area contributed by atoms with Crippen LogP contribution in [0.1, 0.15) is 32.9 Å². The van der Waals surface area contributed by atoms with E-state index in [1.165, 1.54) is 10.9 Å².